The van der Waals surface area contributed by atoms with E-state index in [0.717, 1.165) is 5.57 Å². The molecule has 0 aromatic rings. The van der Waals surface area contributed by atoms with E-state index in [2.05, 4.69) is 10.3 Å². The van der Waals surface area contributed by atoms with E-state index in [-0.39, 0.29) is 11.9 Å². The van der Waals surface area contributed by atoms with Gasteiger partial charge < -0.3 is 5.73 Å². The zero-order valence-corrected chi connectivity index (χ0v) is 9.83. The van der Waals surface area contributed by atoms with Gasteiger partial charge in [0.2, 0.25) is 11.9 Å². The second kappa shape index (κ2) is 4.47. The van der Waals surface area contributed by atoms with E-state index in [0.29, 0.717) is 12.8 Å². The van der Waals surface area contributed by atoms with Crippen LogP contribution in [-0.2, 0) is 9.59 Å². The van der Waals surface area contributed by atoms with Crippen LogP contribution in [0.5, 0.6) is 0 Å². The van der Waals surface area contributed by atoms with Crippen LogP contribution in [-0.4, -0.2) is 17.8 Å². The van der Waals surface area contributed by atoms with Crippen molar-refractivity contribution in [2.45, 2.75) is 33.6 Å². The molecular weight excluding hydrogens is 206 g/mol. The van der Waals surface area contributed by atoms with Gasteiger partial charge in [-0.05, 0) is 26.7 Å². The Labute approximate surface area is 94.8 Å². The van der Waals surface area contributed by atoms with Crippen LogP contribution in [0, 0.1) is 5.41 Å². The summed E-state index contributed by atoms with van der Waals surface area (Å²) < 4.78 is 0. The third kappa shape index (κ3) is 2.13. The minimum atomic E-state index is -1.08. The number of rotatable bonds is 3. The van der Waals surface area contributed by atoms with Gasteiger partial charge in [-0.25, -0.2) is 0 Å². The maximum atomic E-state index is 11.9. The Hall–Kier alpha value is -1.65. The number of nitrogens with zero attached hydrogens (tertiary/aromatic N) is 1. The molecular formula is C11H17N3O2. The monoisotopic (exact) mass is 223 g/mol. The Morgan fingerprint density at radius 2 is 2.12 bits per heavy atom. The quantitative estimate of drug-likeness (QED) is 0.546. The van der Waals surface area contributed by atoms with E-state index in [9.17, 15) is 9.59 Å². The summed E-state index contributed by atoms with van der Waals surface area (Å²) in [6.07, 6.45) is 2.66. The van der Waals surface area contributed by atoms with Gasteiger partial charge in [0.1, 0.15) is 5.41 Å². The number of nitrogens with two attached hydrogens (primary N) is 1. The molecule has 1 atom stereocenters. The van der Waals surface area contributed by atoms with Gasteiger partial charge in [-0.1, -0.05) is 18.6 Å². The number of amides is 2. The lowest BCUT2D eigenvalue weighted by Gasteiger charge is -2.29. The second-order valence-corrected chi connectivity index (χ2v) is 4.18. The van der Waals surface area contributed by atoms with Crippen LogP contribution in [0.2, 0.25) is 0 Å². The lowest BCUT2D eigenvalue weighted by atomic mass is 9.78. The molecule has 0 aliphatic carbocycles. The summed E-state index contributed by atoms with van der Waals surface area (Å²) in [5.41, 5.74) is 5.31. The number of hydrogen-bond donors (Lipinski definition) is 2. The fourth-order valence-electron chi connectivity index (χ4n) is 1.59. The highest BCUT2D eigenvalue weighted by Gasteiger charge is 2.46. The fourth-order valence-corrected chi connectivity index (χ4v) is 1.59. The molecule has 0 saturated carbocycles. The lowest BCUT2D eigenvalue weighted by molar-refractivity contribution is -0.141. The molecule has 1 heterocycles. The average molecular weight is 223 g/mol. The maximum Gasteiger partial charge on any atom is 0.264 e. The summed E-state index contributed by atoms with van der Waals surface area (Å²) in [5, 5.41) is 2.41. The lowest BCUT2D eigenvalue weighted by Crippen LogP contribution is -2.54. The van der Waals surface area contributed by atoms with E-state index < -0.39 is 11.3 Å². The van der Waals surface area contributed by atoms with Crippen LogP contribution in [0.1, 0.15) is 33.6 Å². The number of hydrogen-bond acceptors (Lipinski definition) is 3. The summed E-state index contributed by atoms with van der Waals surface area (Å²) in [6.45, 7) is 5.64. The maximum absolute atomic E-state index is 11.9. The van der Waals surface area contributed by atoms with E-state index >= 15 is 0 Å². The topological polar surface area (TPSA) is 84.6 Å². The molecule has 0 radical (unpaired) electrons. The number of guanidine groups is 1. The molecule has 2 amide bonds. The fraction of sp³-hybridized carbons (Fsp3) is 0.545. The van der Waals surface area contributed by atoms with Crippen molar-refractivity contribution in [3.63, 3.8) is 0 Å². The van der Waals surface area contributed by atoms with Gasteiger partial charge in [0.15, 0.2) is 0 Å². The first-order chi connectivity index (χ1) is 7.42. The van der Waals surface area contributed by atoms with Crippen molar-refractivity contribution in [1.29, 1.82) is 0 Å². The highest BCUT2D eigenvalue weighted by molar-refractivity contribution is 6.17. The number of aliphatic imine (C=N–C) groups is 1. The smallest absolute Gasteiger partial charge is 0.264 e. The first kappa shape index (κ1) is 12.4. The molecule has 5 heteroatoms. The highest BCUT2D eigenvalue weighted by atomic mass is 16.2. The van der Waals surface area contributed by atoms with E-state index in [1.807, 2.05) is 19.9 Å². The number of carbonyl (C=O) groups excluding carboxylic acids is 2. The van der Waals surface area contributed by atoms with Crippen LogP contribution < -0.4 is 11.1 Å². The van der Waals surface area contributed by atoms with E-state index in [1.54, 1.807) is 6.92 Å². The minimum absolute atomic E-state index is 0.115. The Morgan fingerprint density at radius 3 is 2.56 bits per heavy atom. The summed E-state index contributed by atoms with van der Waals surface area (Å²) in [7, 11) is 0. The Balaban J connectivity index is 3.07. The van der Waals surface area contributed by atoms with Crippen molar-refractivity contribution in [3.05, 3.63) is 11.6 Å². The van der Waals surface area contributed by atoms with Crippen LogP contribution in [0.15, 0.2) is 16.6 Å². The van der Waals surface area contributed by atoms with Gasteiger partial charge in [-0.15, -0.1) is 0 Å². The molecule has 0 aromatic heterocycles. The van der Waals surface area contributed by atoms with Gasteiger partial charge in [-0.3, -0.25) is 14.9 Å². The second-order valence-electron chi connectivity index (χ2n) is 4.18. The van der Waals surface area contributed by atoms with Crippen molar-refractivity contribution in [3.8, 4) is 0 Å². The molecule has 0 spiro atoms. The average Bonchev–Trinajstić information content (AvgIpc) is 2.17. The van der Waals surface area contributed by atoms with E-state index in [4.69, 9.17) is 5.73 Å². The largest absolute Gasteiger partial charge is 0.369 e. The van der Waals surface area contributed by atoms with Crippen molar-refractivity contribution in [2.75, 3.05) is 0 Å². The number of nitrogens with one attached hydrogen (secondary N) is 1. The first-order valence-electron chi connectivity index (χ1n) is 5.26. The standard InChI is InChI=1S/C11H17N3O2/c1-4-11(6-5-7(2)3)8(15)13-10(12)14-9(11)16/h5H,4,6H2,1-3H3,(H3,12,13,14,15,16). The van der Waals surface area contributed by atoms with Crippen molar-refractivity contribution >= 4 is 17.8 Å². The minimum Gasteiger partial charge on any atom is -0.369 e. The van der Waals surface area contributed by atoms with Gasteiger partial charge in [0.25, 0.3) is 5.91 Å². The van der Waals surface area contributed by atoms with Crippen molar-refractivity contribution < 1.29 is 9.59 Å². The van der Waals surface area contributed by atoms with Gasteiger partial charge in [0, 0.05) is 0 Å². The summed E-state index contributed by atoms with van der Waals surface area (Å²) >= 11 is 0. The predicted octanol–water partition coefficient (Wildman–Crippen LogP) is 0.710. The Kier molecular flexibility index (Phi) is 3.47. The van der Waals surface area contributed by atoms with Gasteiger partial charge >= 0.3 is 0 Å². The molecule has 1 rings (SSSR count). The summed E-state index contributed by atoms with van der Waals surface area (Å²) in [4.78, 5) is 27.3. The van der Waals surface area contributed by atoms with E-state index in [1.165, 1.54) is 0 Å². The van der Waals surface area contributed by atoms with Crippen LogP contribution in [0.4, 0.5) is 0 Å². The number of allylic oxidation sites excluding steroid dienone is 2. The van der Waals surface area contributed by atoms with Crippen LogP contribution in [0.3, 0.4) is 0 Å². The molecule has 88 valence electrons. The molecule has 1 unspecified atom stereocenters. The Morgan fingerprint density at radius 1 is 1.50 bits per heavy atom. The molecule has 0 fully saturated rings. The molecule has 0 saturated heterocycles. The number of carbonyl (C=O) groups is 2. The van der Waals surface area contributed by atoms with Crippen molar-refractivity contribution in [2.24, 2.45) is 16.1 Å². The third-order valence-electron chi connectivity index (χ3n) is 2.77. The molecule has 5 nitrogen and oxygen atoms in total. The SMILES string of the molecule is CCC1(CC=C(C)C)C(=O)N=C(N)NC1=O. The Bertz CT molecular complexity index is 381. The van der Waals surface area contributed by atoms with Gasteiger partial charge in [0.05, 0.1) is 0 Å². The summed E-state index contributed by atoms with van der Waals surface area (Å²) in [6, 6.07) is 0. The molecule has 16 heavy (non-hydrogen) atoms. The van der Waals surface area contributed by atoms with Gasteiger partial charge in [-0.2, -0.15) is 4.99 Å². The van der Waals surface area contributed by atoms with Crippen molar-refractivity contribution in [1.82, 2.24) is 5.32 Å². The van der Waals surface area contributed by atoms with Crippen LogP contribution in [0.25, 0.3) is 0 Å². The zero-order chi connectivity index (χ0) is 12.3. The normalized spacial score (nSPS) is 24.8. The third-order valence-corrected chi connectivity index (χ3v) is 2.77. The molecule has 0 aromatic carbocycles. The highest BCUT2D eigenvalue weighted by Crippen LogP contribution is 2.31. The van der Waals surface area contributed by atoms with Crippen LogP contribution >= 0.6 is 0 Å². The molecule has 1 aliphatic heterocycles. The first-order valence-corrected chi connectivity index (χ1v) is 5.26. The summed E-state index contributed by atoms with van der Waals surface area (Å²) in [5.74, 6) is -0.921. The molecule has 1 aliphatic rings. The zero-order valence-electron chi connectivity index (χ0n) is 9.83. The molecule has 3 N–H and O–H groups in total. The molecule has 0 bridgehead atoms. The predicted molar refractivity (Wildman–Crippen MR) is 61.5 cm³/mol.